The van der Waals surface area contributed by atoms with E-state index in [9.17, 15) is 0 Å². The highest BCUT2D eigenvalue weighted by Crippen LogP contribution is 2.25. The van der Waals surface area contributed by atoms with Crippen LogP contribution in [0.2, 0.25) is 0 Å². The van der Waals surface area contributed by atoms with E-state index in [1.807, 2.05) is 19.9 Å². The molecule has 0 amide bonds. The van der Waals surface area contributed by atoms with Crippen LogP contribution in [-0.2, 0) is 7.05 Å². The molecule has 1 aromatic heterocycles. The first-order valence-electron chi connectivity index (χ1n) is 7.88. The molecule has 1 aliphatic rings. The van der Waals surface area contributed by atoms with Crippen molar-refractivity contribution in [3.63, 3.8) is 0 Å². The molecule has 106 valence electrons. The first kappa shape index (κ1) is 12.7. The number of fused-ring (bicyclic) bond motifs is 1. The van der Waals surface area contributed by atoms with Crippen molar-refractivity contribution in [3.8, 4) is 0 Å². The summed E-state index contributed by atoms with van der Waals surface area (Å²) in [6, 6.07) is 12.6. The van der Waals surface area contributed by atoms with Gasteiger partial charge >= 0.3 is 6.85 Å². The zero-order valence-corrected chi connectivity index (χ0v) is 13.2. The fraction of sp³-hybridized carbons (Fsp3) is 0.278. The van der Waals surface area contributed by atoms with E-state index in [0.29, 0.717) is 0 Å². The molecule has 1 aromatic carbocycles. The zero-order valence-electron chi connectivity index (χ0n) is 14.2. The molecule has 0 radical (unpaired) electrons. The molecule has 0 N–H and O–H groups in total. The summed E-state index contributed by atoms with van der Waals surface area (Å²) in [6.45, 7) is 4.05. The first-order chi connectivity index (χ1) is 10.4. The fourth-order valence-corrected chi connectivity index (χ4v) is 2.91. The van der Waals surface area contributed by atoms with Gasteiger partial charge in [0.1, 0.15) is 7.05 Å². The number of aryl methyl sites for hydroxylation is 1. The number of rotatable bonds is 2. The third-order valence-electron chi connectivity index (χ3n) is 4.26. The van der Waals surface area contributed by atoms with Crippen LogP contribution in [0.1, 0.15) is 32.2 Å². The summed E-state index contributed by atoms with van der Waals surface area (Å²) in [6.07, 6.45) is 4.25. The van der Waals surface area contributed by atoms with Crippen molar-refractivity contribution in [2.75, 3.05) is 11.9 Å². The number of anilines is 1. The van der Waals surface area contributed by atoms with Gasteiger partial charge in [0.15, 0.2) is 11.8 Å². The number of hydrogen-bond acceptors (Lipinski definition) is 1. The molecule has 21 heavy (non-hydrogen) atoms. The van der Waals surface area contributed by atoms with E-state index in [-0.39, 0.29) is 6.85 Å². The van der Waals surface area contributed by atoms with Gasteiger partial charge in [0.05, 0.1) is 0 Å². The highest BCUT2D eigenvalue weighted by Gasteiger charge is 2.32. The van der Waals surface area contributed by atoms with Crippen molar-refractivity contribution in [2.45, 2.75) is 19.7 Å². The molecule has 0 atom stereocenters. The fourth-order valence-electron chi connectivity index (χ4n) is 2.91. The van der Waals surface area contributed by atoms with E-state index in [4.69, 9.17) is 1.37 Å². The molecule has 3 heteroatoms. The van der Waals surface area contributed by atoms with Crippen molar-refractivity contribution in [3.05, 3.63) is 59.7 Å². The lowest BCUT2D eigenvalue weighted by molar-refractivity contribution is -0.654. The molecule has 2 nitrogen and oxygen atoms in total. The lowest BCUT2D eigenvalue weighted by Gasteiger charge is -2.28. The lowest BCUT2D eigenvalue weighted by Crippen LogP contribution is -2.60. The van der Waals surface area contributed by atoms with Crippen LogP contribution in [0.3, 0.4) is 0 Å². The number of pyridine rings is 1. The molecule has 3 rings (SSSR count). The molecule has 0 saturated carbocycles. The summed E-state index contributed by atoms with van der Waals surface area (Å²) < 4.78 is 10.4. The number of nitrogens with zero attached hydrogens (tertiary/aromatic N) is 2. The Bertz CT molecular complexity index is 734. The second-order valence-electron chi connectivity index (χ2n) is 5.92. The average Bonchev–Trinajstić information content (AvgIpc) is 2.48. The van der Waals surface area contributed by atoms with Gasteiger partial charge in [0, 0.05) is 19.2 Å². The Labute approximate surface area is 129 Å². The minimum atomic E-state index is -0.585. The summed E-state index contributed by atoms with van der Waals surface area (Å²) in [5.41, 5.74) is 4.73. The normalized spacial score (nSPS) is 15.0. The van der Waals surface area contributed by atoms with E-state index in [1.165, 1.54) is 16.8 Å². The van der Waals surface area contributed by atoms with Crippen molar-refractivity contribution < 1.29 is 5.94 Å². The summed E-state index contributed by atoms with van der Waals surface area (Å²) in [5.74, 6) is 1.65. The topological polar surface area (TPSA) is 7.12 Å². The predicted molar refractivity (Wildman–Crippen MR) is 91.0 cm³/mol. The van der Waals surface area contributed by atoms with Gasteiger partial charge < -0.3 is 4.81 Å². The Kier molecular flexibility index (Phi) is 3.26. The number of hydrogen-bond donors (Lipinski definition) is 0. The second kappa shape index (κ2) is 5.40. The SMILES string of the molecule is [2H]C(C)(C)c1cc[n+](C)c(B2C=Cc3ccccc3N2C)c1. The standard InChI is InChI=1S/C18H22BN2/c1-14(2)16-10-12-20(3)18(13-16)19-11-9-15-7-5-6-8-17(15)21(19)4/h5-14H,1-4H3/q+1/i14D. The van der Waals surface area contributed by atoms with Crippen LogP contribution >= 0.6 is 0 Å². The predicted octanol–water partition coefficient (Wildman–Crippen LogP) is 2.54. The molecule has 1 aliphatic heterocycles. The average molecular weight is 278 g/mol. The van der Waals surface area contributed by atoms with Gasteiger partial charge in [-0.25, -0.2) is 4.57 Å². The van der Waals surface area contributed by atoms with Crippen LogP contribution in [0.25, 0.3) is 6.08 Å². The Balaban J connectivity index is 2.06. The van der Waals surface area contributed by atoms with Crippen molar-refractivity contribution in [2.24, 2.45) is 7.05 Å². The monoisotopic (exact) mass is 278 g/mol. The van der Waals surface area contributed by atoms with Gasteiger partial charge in [-0.1, -0.05) is 44.1 Å². The van der Waals surface area contributed by atoms with Crippen LogP contribution in [-0.4, -0.2) is 13.9 Å². The summed E-state index contributed by atoms with van der Waals surface area (Å²) in [4.78, 5) is 2.30. The van der Waals surface area contributed by atoms with Gasteiger partial charge in [-0.2, -0.15) is 0 Å². The van der Waals surface area contributed by atoms with Crippen LogP contribution in [0.15, 0.2) is 48.6 Å². The molecule has 0 spiro atoms. The lowest BCUT2D eigenvalue weighted by atomic mass is 9.54. The van der Waals surface area contributed by atoms with Crippen molar-refractivity contribution in [1.82, 2.24) is 0 Å². The van der Waals surface area contributed by atoms with E-state index in [0.717, 1.165) is 5.56 Å². The van der Waals surface area contributed by atoms with Gasteiger partial charge in [-0.3, -0.25) is 0 Å². The van der Waals surface area contributed by atoms with Crippen LogP contribution in [0, 0.1) is 0 Å². The van der Waals surface area contributed by atoms with E-state index < -0.39 is 5.89 Å². The maximum absolute atomic E-state index is 8.28. The van der Waals surface area contributed by atoms with E-state index >= 15 is 0 Å². The largest absolute Gasteiger partial charge is 0.405 e. The van der Waals surface area contributed by atoms with Crippen molar-refractivity contribution in [1.29, 1.82) is 0 Å². The maximum Gasteiger partial charge on any atom is 0.396 e. The van der Waals surface area contributed by atoms with Gasteiger partial charge in [-0.05, 0) is 30.1 Å². The van der Waals surface area contributed by atoms with Crippen LogP contribution in [0.4, 0.5) is 5.69 Å². The highest BCUT2D eigenvalue weighted by molar-refractivity contribution is 6.80. The molecule has 0 unspecified atom stereocenters. The van der Waals surface area contributed by atoms with E-state index in [1.54, 1.807) is 0 Å². The van der Waals surface area contributed by atoms with Gasteiger partial charge in [0.25, 0.3) is 0 Å². The van der Waals surface area contributed by atoms with Crippen molar-refractivity contribution >= 4 is 24.2 Å². The number of aromatic nitrogens is 1. The third kappa shape index (κ3) is 2.48. The molecule has 0 saturated heterocycles. The quantitative estimate of drug-likeness (QED) is 0.605. The minimum Gasteiger partial charge on any atom is -0.405 e. The Morgan fingerprint density at radius 3 is 2.76 bits per heavy atom. The van der Waals surface area contributed by atoms with Gasteiger partial charge in [0.2, 0.25) is 0 Å². The summed E-state index contributed by atoms with van der Waals surface area (Å²) in [5, 5.41) is 0. The second-order valence-corrected chi connectivity index (χ2v) is 5.92. The molecule has 2 aromatic rings. The summed E-state index contributed by atoms with van der Waals surface area (Å²) in [7, 11) is 4.20. The van der Waals surface area contributed by atoms with Gasteiger partial charge in [-0.15, -0.1) is 0 Å². The minimum absolute atomic E-state index is 0.183. The van der Waals surface area contributed by atoms with E-state index in [2.05, 4.69) is 72.1 Å². The highest BCUT2D eigenvalue weighted by atomic mass is 15.1. The Morgan fingerprint density at radius 2 is 2.00 bits per heavy atom. The third-order valence-corrected chi connectivity index (χ3v) is 4.26. The molecular weight excluding hydrogens is 255 g/mol. The maximum atomic E-state index is 8.28. The first-order valence-corrected chi connectivity index (χ1v) is 7.38. The Hall–Kier alpha value is -2.03. The summed E-state index contributed by atoms with van der Waals surface area (Å²) >= 11 is 0. The number of benzene rings is 1. The smallest absolute Gasteiger partial charge is 0.396 e. The molecular formula is C18H22BN2+. The Morgan fingerprint density at radius 1 is 1.24 bits per heavy atom. The molecule has 0 aliphatic carbocycles. The number of para-hydroxylation sites is 1. The van der Waals surface area contributed by atoms with Crippen LogP contribution in [0.5, 0.6) is 0 Å². The van der Waals surface area contributed by atoms with Crippen LogP contribution < -0.4 is 15.0 Å². The zero-order chi connectivity index (χ0) is 15.9. The molecule has 0 fully saturated rings. The molecule has 2 heterocycles. The molecule has 0 bridgehead atoms.